The van der Waals surface area contributed by atoms with Gasteiger partial charge in [0.1, 0.15) is 0 Å². The van der Waals surface area contributed by atoms with Gasteiger partial charge in [-0.2, -0.15) is 5.10 Å². The number of aromatic nitrogens is 2. The Bertz CT molecular complexity index is 563. The normalized spacial score (nSPS) is 12.6. The lowest BCUT2D eigenvalue weighted by molar-refractivity contribution is 0.493. The molecular formula is C16H22ClN3. The molecule has 1 unspecified atom stereocenters. The van der Waals surface area contributed by atoms with Gasteiger partial charge in [0.2, 0.25) is 0 Å². The van der Waals surface area contributed by atoms with Gasteiger partial charge < -0.3 is 5.32 Å². The minimum absolute atomic E-state index is 0.239. The van der Waals surface area contributed by atoms with Gasteiger partial charge in [0.15, 0.2) is 0 Å². The van der Waals surface area contributed by atoms with Gasteiger partial charge >= 0.3 is 0 Å². The summed E-state index contributed by atoms with van der Waals surface area (Å²) in [6, 6.07) is 8.56. The van der Waals surface area contributed by atoms with Crippen molar-refractivity contribution in [2.75, 3.05) is 6.54 Å². The van der Waals surface area contributed by atoms with Crippen molar-refractivity contribution in [3.8, 4) is 0 Å². The van der Waals surface area contributed by atoms with Gasteiger partial charge in [0.25, 0.3) is 0 Å². The highest BCUT2D eigenvalue weighted by Gasteiger charge is 2.16. The van der Waals surface area contributed by atoms with Crippen molar-refractivity contribution in [3.63, 3.8) is 0 Å². The summed E-state index contributed by atoms with van der Waals surface area (Å²) < 4.78 is 1.93. The molecule has 0 radical (unpaired) electrons. The summed E-state index contributed by atoms with van der Waals surface area (Å²) in [5, 5.41) is 8.69. The molecule has 0 saturated carbocycles. The zero-order chi connectivity index (χ0) is 14.5. The fourth-order valence-electron chi connectivity index (χ4n) is 2.36. The zero-order valence-corrected chi connectivity index (χ0v) is 13.1. The minimum Gasteiger partial charge on any atom is -0.308 e. The fraction of sp³-hybridized carbons (Fsp3) is 0.438. The summed E-state index contributed by atoms with van der Waals surface area (Å²) in [4.78, 5) is 0. The average molecular weight is 292 g/mol. The number of hydrogen-bond acceptors (Lipinski definition) is 2. The van der Waals surface area contributed by atoms with Crippen molar-refractivity contribution < 1.29 is 0 Å². The molecule has 1 aromatic carbocycles. The molecule has 0 fully saturated rings. The summed E-state index contributed by atoms with van der Waals surface area (Å²) in [6.07, 6.45) is 3.82. The Hall–Kier alpha value is -1.32. The van der Waals surface area contributed by atoms with E-state index in [1.165, 1.54) is 16.8 Å². The quantitative estimate of drug-likeness (QED) is 0.880. The van der Waals surface area contributed by atoms with Crippen LogP contribution in [0.25, 0.3) is 0 Å². The van der Waals surface area contributed by atoms with Crippen LogP contribution in [0.4, 0.5) is 0 Å². The highest BCUT2D eigenvalue weighted by molar-refractivity contribution is 6.31. The second-order valence-corrected chi connectivity index (χ2v) is 5.59. The maximum atomic E-state index is 6.36. The molecule has 1 heterocycles. The van der Waals surface area contributed by atoms with E-state index in [1.54, 1.807) is 0 Å². The van der Waals surface area contributed by atoms with Crippen LogP contribution in [-0.2, 0) is 13.5 Å². The first-order valence-corrected chi connectivity index (χ1v) is 7.46. The molecule has 108 valence electrons. The van der Waals surface area contributed by atoms with Crippen LogP contribution in [0.5, 0.6) is 0 Å². The summed E-state index contributed by atoms with van der Waals surface area (Å²) in [5.41, 5.74) is 3.56. The van der Waals surface area contributed by atoms with Crippen LogP contribution in [-0.4, -0.2) is 16.3 Å². The van der Waals surface area contributed by atoms with E-state index in [4.69, 9.17) is 11.6 Å². The van der Waals surface area contributed by atoms with Crippen molar-refractivity contribution in [2.45, 2.75) is 32.7 Å². The number of rotatable bonds is 6. The first kappa shape index (κ1) is 15.1. The number of nitrogens with one attached hydrogen (secondary N) is 1. The number of nitrogens with zero attached hydrogens (tertiary/aromatic N) is 2. The van der Waals surface area contributed by atoms with Crippen LogP contribution >= 0.6 is 11.6 Å². The monoisotopic (exact) mass is 291 g/mol. The molecule has 3 nitrogen and oxygen atoms in total. The van der Waals surface area contributed by atoms with Crippen LogP contribution in [0.3, 0.4) is 0 Å². The summed E-state index contributed by atoms with van der Waals surface area (Å²) in [5.74, 6) is 0. The van der Waals surface area contributed by atoms with E-state index in [1.807, 2.05) is 24.0 Å². The Morgan fingerprint density at radius 2 is 2.15 bits per heavy atom. The van der Waals surface area contributed by atoms with E-state index in [2.05, 4.69) is 42.5 Å². The predicted octanol–water partition coefficient (Wildman–Crippen LogP) is 3.67. The lowest BCUT2D eigenvalue weighted by Gasteiger charge is -2.19. The van der Waals surface area contributed by atoms with Crippen LogP contribution in [0.15, 0.2) is 30.5 Å². The van der Waals surface area contributed by atoms with Crippen molar-refractivity contribution in [2.24, 2.45) is 7.05 Å². The second-order valence-electron chi connectivity index (χ2n) is 5.19. The second kappa shape index (κ2) is 6.91. The van der Waals surface area contributed by atoms with Gasteiger partial charge in [0, 0.05) is 18.3 Å². The third-order valence-electron chi connectivity index (χ3n) is 3.49. The number of halogens is 1. The Kier molecular flexibility index (Phi) is 5.21. The molecule has 0 aliphatic heterocycles. The Labute approximate surface area is 126 Å². The molecule has 0 spiro atoms. The largest absolute Gasteiger partial charge is 0.308 e. The molecule has 1 aromatic heterocycles. The van der Waals surface area contributed by atoms with E-state index in [9.17, 15) is 0 Å². The molecule has 2 aromatic rings. The van der Waals surface area contributed by atoms with Crippen LogP contribution in [0.2, 0.25) is 5.02 Å². The smallest absolute Gasteiger partial charge is 0.0553 e. The maximum absolute atomic E-state index is 6.36. The van der Waals surface area contributed by atoms with Crippen LogP contribution < -0.4 is 5.32 Å². The molecule has 4 heteroatoms. The molecule has 0 aliphatic carbocycles. The maximum Gasteiger partial charge on any atom is 0.0553 e. The van der Waals surface area contributed by atoms with Crippen molar-refractivity contribution >= 4 is 11.6 Å². The standard InChI is InChI=1S/C16H22ClN3/c1-4-8-18-15(16-7-9-19-20(16)3)11-13-6-5-12(2)10-14(13)17/h5-7,9-10,15,18H,4,8,11H2,1-3H3. The highest BCUT2D eigenvalue weighted by atomic mass is 35.5. The minimum atomic E-state index is 0.239. The Morgan fingerprint density at radius 3 is 2.75 bits per heavy atom. The van der Waals surface area contributed by atoms with Crippen molar-refractivity contribution in [3.05, 3.63) is 52.3 Å². The molecule has 2 rings (SSSR count). The molecule has 1 atom stereocenters. The SMILES string of the molecule is CCCNC(Cc1ccc(C)cc1Cl)c1ccnn1C. The first-order valence-electron chi connectivity index (χ1n) is 7.08. The van der Waals surface area contributed by atoms with Gasteiger partial charge in [-0.3, -0.25) is 4.68 Å². The van der Waals surface area contributed by atoms with Crippen LogP contribution in [0.1, 0.15) is 36.2 Å². The van der Waals surface area contributed by atoms with Gasteiger partial charge in [-0.05, 0) is 49.6 Å². The third-order valence-corrected chi connectivity index (χ3v) is 3.84. The van der Waals surface area contributed by atoms with E-state index in [-0.39, 0.29) is 6.04 Å². The van der Waals surface area contributed by atoms with Gasteiger partial charge in [-0.15, -0.1) is 0 Å². The number of aryl methyl sites for hydroxylation is 2. The van der Waals surface area contributed by atoms with Gasteiger partial charge in [-0.25, -0.2) is 0 Å². The first-order chi connectivity index (χ1) is 9.61. The van der Waals surface area contributed by atoms with E-state index < -0.39 is 0 Å². The number of benzene rings is 1. The molecule has 20 heavy (non-hydrogen) atoms. The van der Waals surface area contributed by atoms with Crippen molar-refractivity contribution in [1.29, 1.82) is 0 Å². The summed E-state index contributed by atoms with van der Waals surface area (Å²) in [6.45, 7) is 5.22. The predicted molar refractivity (Wildman–Crippen MR) is 84.1 cm³/mol. The van der Waals surface area contributed by atoms with E-state index >= 15 is 0 Å². The van der Waals surface area contributed by atoms with Gasteiger partial charge in [0.05, 0.1) is 11.7 Å². The zero-order valence-electron chi connectivity index (χ0n) is 12.4. The summed E-state index contributed by atoms with van der Waals surface area (Å²) in [7, 11) is 1.98. The molecular weight excluding hydrogens is 270 g/mol. The lowest BCUT2D eigenvalue weighted by Crippen LogP contribution is -2.26. The molecule has 0 saturated heterocycles. The number of hydrogen-bond donors (Lipinski definition) is 1. The third kappa shape index (κ3) is 3.62. The summed E-state index contributed by atoms with van der Waals surface area (Å²) >= 11 is 6.36. The molecule has 0 amide bonds. The topological polar surface area (TPSA) is 29.9 Å². The van der Waals surface area contributed by atoms with Crippen molar-refractivity contribution in [1.82, 2.24) is 15.1 Å². The van der Waals surface area contributed by atoms with Crippen LogP contribution in [0, 0.1) is 6.92 Å². The average Bonchev–Trinajstić information content (AvgIpc) is 2.83. The van der Waals surface area contributed by atoms with E-state index in [0.29, 0.717) is 0 Å². The molecule has 0 bridgehead atoms. The van der Waals surface area contributed by atoms with E-state index in [0.717, 1.165) is 24.4 Å². The Morgan fingerprint density at radius 1 is 1.35 bits per heavy atom. The molecule has 0 aliphatic rings. The highest BCUT2D eigenvalue weighted by Crippen LogP contribution is 2.24. The fourth-order valence-corrected chi connectivity index (χ4v) is 2.68. The van der Waals surface area contributed by atoms with Gasteiger partial charge in [-0.1, -0.05) is 30.7 Å². The molecule has 1 N–H and O–H groups in total. The Balaban J connectivity index is 2.21. The lowest BCUT2D eigenvalue weighted by atomic mass is 10.0.